The fourth-order valence-corrected chi connectivity index (χ4v) is 3.99. The van der Waals surface area contributed by atoms with E-state index in [1.54, 1.807) is 36.4 Å². The SMILES string of the molecule is Cc1ccc(C(=O)Nc2c(O)cccc2NC(=O)c2ccc(N3CCCN(C)CC3)cc2)cc1. The Balaban J connectivity index is 1.47. The number of carbonyl (C=O) groups is 2. The lowest BCUT2D eigenvalue weighted by atomic mass is 10.1. The number of nitrogens with zero attached hydrogens (tertiary/aromatic N) is 2. The molecule has 3 aromatic carbocycles. The number of rotatable bonds is 5. The van der Waals surface area contributed by atoms with Crippen molar-refractivity contribution < 1.29 is 14.7 Å². The van der Waals surface area contributed by atoms with E-state index in [0.717, 1.165) is 43.9 Å². The van der Waals surface area contributed by atoms with Gasteiger partial charge in [0.25, 0.3) is 11.8 Å². The number of hydrogen-bond donors (Lipinski definition) is 3. The zero-order valence-corrected chi connectivity index (χ0v) is 19.5. The van der Waals surface area contributed by atoms with Crippen LogP contribution in [0.25, 0.3) is 0 Å². The Labute approximate surface area is 200 Å². The van der Waals surface area contributed by atoms with Crippen LogP contribution in [0.3, 0.4) is 0 Å². The van der Waals surface area contributed by atoms with Gasteiger partial charge in [0.1, 0.15) is 11.4 Å². The standard InChI is InChI=1S/C27H30N4O3/c1-19-7-9-20(10-8-19)27(34)29-25-23(5-3-6-24(25)32)28-26(33)21-11-13-22(14-12-21)31-16-4-15-30(2)17-18-31/h3,5-14,32H,4,15-18H2,1-2H3,(H,28,33)(H,29,34). The van der Waals surface area contributed by atoms with Gasteiger partial charge in [-0.05, 0) is 75.5 Å². The molecule has 7 nitrogen and oxygen atoms in total. The number of para-hydroxylation sites is 1. The number of likely N-dealkylation sites (N-methyl/N-ethyl adjacent to an activating group) is 1. The Morgan fingerprint density at radius 3 is 2.15 bits per heavy atom. The number of aryl methyl sites for hydroxylation is 1. The van der Waals surface area contributed by atoms with Crippen molar-refractivity contribution in [3.05, 3.63) is 83.4 Å². The molecule has 1 saturated heterocycles. The van der Waals surface area contributed by atoms with Gasteiger partial charge in [-0.1, -0.05) is 23.8 Å². The highest BCUT2D eigenvalue weighted by Gasteiger charge is 2.17. The van der Waals surface area contributed by atoms with Gasteiger partial charge in [0.05, 0.1) is 5.69 Å². The van der Waals surface area contributed by atoms with Gasteiger partial charge in [-0.2, -0.15) is 0 Å². The molecule has 0 bridgehead atoms. The Hall–Kier alpha value is -3.84. The number of amides is 2. The van der Waals surface area contributed by atoms with E-state index >= 15 is 0 Å². The first-order valence-electron chi connectivity index (χ1n) is 11.5. The smallest absolute Gasteiger partial charge is 0.255 e. The van der Waals surface area contributed by atoms with Crippen LogP contribution in [0, 0.1) is 6.92 Å². The molecule has 4 rings (SSSR count). The maximum absolute atomic E-state index is 12.9. The molecule has 1 fully saturated rings. The van der Waals surface area contributed by atoms with Crippen LogP contribution >= 0.6 is 0 Å². The predicted molar refractivity (Wildman–Crippen MR) is 136 cm³/mol. The molecule has 2 amide bonds. The van der Waals surface area contributed by atoms with E-state index in [0.29, 0.717) is 16.8 Å². The summed E-state index contributed by atoms with van der Waals surface area (Å²) in [5.41, 5.74) is 3.57. The van der Waals surface area contributed by atoms with Gasteiger partial charge in [0.2, 0.25) is 0 Å². The van der Waals surface area contributed by atoms with Gasteiger partial charge in [-0.15, -0.1) is 0 Å². The molecule has 0 radical (unpaired) electrons. The molecule has 1 aliphatic heterocycles. The zero-order chi connectivity index (χ0) is 24.1. The highest BCUT2D eigenvalue weighted by atomic mass is 16.3. The third-order valence-corrected chi connectivity index (χ3v) is 6.06. The van der Waals surface area contributed by atoms with Gasteiger partial charge in [-0.3, -0.25) is 9.59 Å². The minimum Gasteiger partial charge on any atom is -0.506 e. The second kappa shape index (κ2) is 10.4. The van der Waals surface area contributed by atoms with Crippen molar-refractivity contribution in [3.8, 4) is 5.75 Å². The third kappa shape index (κ3) is 5.55. The largest absolute Gasteiger partial charge is 0.506 e. The van der Waals surface area contributed by atoms with Gasteiger partial charge in [0, 0.05) is 36.4 Å². The highest BCUT2D eigenvalue weighted by Crippen LogP contribution is 2.32. The summed E-state index contributed by atoms with van der Waals surface area (Å²) in [7, 11) is 2.13. The van der Waals surface area contributed by atoms with Gasteiger partial charge in [-0.25, -0.2) is 0 Å². The Morgan fingerprint density at radius 2 is 1.44 bits per heavy atom. The van der Waals surface area contributed by atoms with E-state index in [9.17, 15) is 14.7 Å². The Kier molecular flexibility index (Phi) is 7.13. The molecule has 1 aliphatic rings. The summed E-state index contributed by atoms with van der Waals surface area (Å²) >= 11 is 0. The monoisotopic (exact) mass is 458 g/mol. The number of phenols is 1. The molecule has 3 aromatic rings. The molecular formula is C27H30N4O3. The number of hydrogen-bond acceptors (Lipinski definition) is 5. The molecular weight excluding hydrogens is 428 g/mol. The Morgan fingerprint density at radius 1 is 0.794 bits per heavy atom. The zero-order valence-electron chi connectivity index (χ0n) is 19.5. The Bertz CT molecular complexity index is 1160. The minimum absolute atomic E-state index is 0.125. The lowest BCUT2D eigenvalue weighted by Crippen LogP contribution is -2.28. The van der Waals surface area contributed by atoms with Crippen molar-refractivity contribution in [3.63, 3.8) is 0 Å². The van der Waals surface area contributed by atoms with Crippen LogP contribution < -0.4 is 15.5 Å². The molecule has 0 spiro atoms. The van der Waals surface area contributed by atoms with E-state index in [2.05, 4.69) is 27.5 Å². The maximum atomic E-state index is 12.9. The number of carbonyl (C=O) groups excluding carboxylic acids is 2. The fourth-order valence-electron chi connectivity index (χ4n) is 3.99. The molecule has 0 saturated carbocycles. The van der Waals surface area contributed by atoms with Crippen LogP contribution in [0.2, 0.25) is 0 Å². The van der Waals surface area contributed by atoms with E-state index < -0.39 is 0 Å². The summed E-state index contributed by atoms with van der Waals surface area (Å²) in [5, 5.41) is 15.9. The normalized spacial score (nSPS) is 14.4. The lowest BCUT2D eigenvalue weighted by molar-refractivity contribution is 0.101. The van der Waals surface area contributed by atoms with E-state index in [4.69, 9.17) is 0 Å². The first kappa shape index (κ1) is 23.3. The molecule has 1 heterocycles. The summed E-state index contributed by atoms with van der Waals surface area (Å²) in [6.45, 7) is 5.98. The van der Waals surface area contributed by atoms with Gasteiger partial charge >= 0.3 is 0 Å². The average molecular weight is 459 g/mol. The first-order chi connectivity index (χ1) is 16.4. The van der Waals surface area contributed by atoms with Gasteiger partial charge < -0.3 is 25.5 Å². The van der Waals surface area contributed by atoms with Crippen LogP contribution in [0.4, 0.5) is 17.1 Å². The number of aromatic hydroxyl groups is 1. The summed E-state index contributed by atoms with van der Waals surface area (Å²) in [4.78, 5) is 30.3. The average Bonchev–Trinajstić information content (AvgIpc) is 3.06. The predicted octanol–water partition coefficient (Wildman–Crippen LogP) is 4.35. The van der Waals surface area contributed by atoms with Crippen molar-refractivity contribution in [2.75, 3.05) is 48.8 Å². The molecule has 3 N–H and O–H groups in total. The van der Waals surface area contributed by atoms with E-state index in [-0.39, 0.29) is 23.3 Å². The highest BCUT2D eigenvalue weighted by molar-refractivity contribution is 6.11. The molecule has 0 aromatic heterocycles. The molecule has 7 heteroatoms. The molecule has 0 atom stereocenters. The van der Waals surface area contributed by atoms with Crippen molar-refractivity contribution >= 4 is 28.9 Å². The van der Waals surface area contributed by atoms with Crippen molar-refractivity contribution in [2.24, 2.45) is 0 Å². The molecule has 176 valence electrons. The number of phenolic OH excluding ortho intramolecular Hbond substituents is 1. The molecule has 0 aliphatic carbocycles. The summed E-state index contributed by atoms with van der Waals surface area (Å²) in [6.07, 6.45) is 1.10. The van der Waals surface area contributed by atoms with E-state index in [1.807, 2.05) is 31.2 Å². The summed E-state index contributed by atoms with van der Waals surface area (Å²) in [5.74, 6) is -0.817. The fraction of sp³-hybridized carbons (Fsp3) is 0.259. The quantitative estimate of drug-likeness (QED) is 0.495. The second-order valence-electron chi connectivity index (χ2n) is 8.66. The lowest BCUT2D eigenvalue weighted by Gasteiger charge is -2.23. The number of nitrogens with one attached hydrogen (secondary N) is 2. The number of benzene rings is 3. The van der Waals surface area contributed by atoms with Gasteiger partial charge in [0.15, 0.2) is 0 Å². The minimum atomic E-state index is -0.371. The second-order valence-corrected chi connectivity index (χ2v) is 8.66. The topological polar surface area (TPSA) is 84.9 Å². The van der Waals surface area contributed by atoms with Crippen LogP contribution in [0.5, 0.6) is 5.75 Å². The van der Waals surface area contributed by atoms with Crippen LogP contribution in [-0.2, 0) is 0 Å². The van der Waals surface area contributed by atoms with Crippen molar-refractivity contribution in [1.29, 1.82) is 0 Å². The molecule has 0 unspecified atom stereocenters. The van der Waals surface area contributed by atoms with Crippen LogP contribution in [0.1, 0.15) is 32.7 Å². The first-order valence-corrected chi connectivity index (χ1v) is 11.5. The molecule has 34 heavy (non-hydrogen) atoms. The van der Waals surface area contributed by atoms with Crippen LogP contribution in [-0.4, -0.2) is 55.0 Å². The number of anilines is 3. The summed E-state index contributed by atoms with van der Waals surface area (Å²) < 4.78 is 0. The summed E-state index contributed by atoms with van der Waals surface area (Å²) in [6, 6.07) is 19.4. The van der Waals surface area contributed by atoms with Crippen molar-refractivity contribution in [1.82, 2.24) is 4.90 Å². The van der Waals surface area contributed by atoms with Crippen LogP contribution in [0.15, 0.2) is 66.7 Å². The maximum Gasteiger partial charge on any atom is 0.255 e. The van der Waals surface area contributed by atoms with Crippen molar-refractivity contribution in [2.45, 2.75) is 13.3 Å². The third-order valence-electron chi connectivity index (χ3n) is 6.06. The van der Waals surface area contributed by atoms with E-state index in [1.165, 1.54) is 6.07 Å².